The van der Waals surface area contributed by atoms with Crippen LogP contribution >= 0.6 is 0 Å². The Morgan fingerprint density at radius 3 is 2.14 bits per heavy atom. The number of aliphatic hydroxyl groups is 3. The molecule has 0 saturated carbocycles. The minimum absolute atomic E-state index is 0.223. The van der Waals surface area contributed by atoms with Gasteiger partial charge in [0.2, 0.25) is 5.79 Å². The highest BCUT2D eigenvalue weighted by Crippen LogP contribution is 2.32. The fourth-order valence-electron chi connectivity index (χ4n) is 1.45. The Labute approximate surface area is 84.5 Å². The molecule has 5 nitrogen and oxygen atoms in total. The van der Waals surface area contributed by atoms with Crippen LogP contribution < -0.4 is 5.73 Å². The van der Waals surface area contributed by atoms with Crippen molar-refractivity contribution in [1.82, 2.24) is 0 Å². The van der Waals surface area contributed by atoms with Crippen LogP contribution in [0.5, 0.6) is 0 Å². The Balaban J connectivity index is 0.000000791. The van der Waals surface area contributed by atoms with Gasteiger partial charge < -0.3 is 25.8 Å². The smallest absolute Gasteiger partial charge is 0.216 e. The lowest BCUT2D eigenvalue weighted by molar-refractivity contribution is -0.244. The largest absolute Gasteiger partial charge is 0.391 e. The summed E-state index contributed by atoms with van der Waals surface area (Å²) in [6, 6.07) is 0. The number of hydrogen-bond donors (Lipinski definition) is 4. The second-order valence-electron chi connectivity index (χ2n) is 3.20. The first-order valence-corrected chi connectivity index (χ1v) is 4.94. The number of ether oxygens (including phenoxy) is 1. The molecule has 0 aromatic carbocycles. The summed E-state index contributed by atoms with van der Waals surface area (Å²) in [6.45, 7) is 5.32. The predicted molar refractivity (Wildman–Crippen MR) is 52.5 cm³/mol. The molecule has 1 heterocycles. The summed E-state index contributed by atoms with van der Waals surface area (Å²) < 4.78 is 5.00. The van der Waals surface area contributed by atoms with E-state index in [4.69, 9.17) is 15.6 Å². The highest BCUT2D eigenvalue weighted by Gasteiger charge is 2.50. The maximum Gasteiger partial charge on any atom is 0.216 e. The average molecular weight is 207 g/mol. The maximum absolute atomic E-state index is 9.46. The SMILES string of the molecule is CC.CC1C(CN)OC(O)(CO)C1O. The van der Waals surface area contributed by atoms with Crippen molar-refractivity contribution in [2.24, 2.45) is 11.7 Å². The van der Waals surface area contributed by atoms with Gasteiger partial charge >= 0.3 is 0 Å². The van der Waals surface area contributed by atoms with Gasteiger partial charge in [-0.05, 0) is 0 Å². The van der Waals surface area contributed by atoms with Crippen molar-refractivity contribution in [3.05, 3.63) is 0 Å². The molecule has 14 heavy (non-hydrogen) atoms. The Kier molecular flexibility index (Phi) is 5.54. The van der Waals surface area contributed by atoms with Gasteiger partial charge in [0, 0.05) is 12.5 Å². The third-order valence-corrected chi connectivity index (χ3v) is 2.36. The van der Waals surface area contributed by atoms with Crippen molar-refractivity contribution >= 4 is 0 Å². The van der Waals surface area contributed by atoms with Crippen LogP contribution in [-0.4, -0.2) is 46.5 Å². The van der Waals surface area contributed by atoms with E-state index in [0.29, 0.717) is 0 Å². The lowest BCUT2D eigenvalue weighted by atomic mass is 9.97. The molecule has 0 radical (unpaired) electrons. The van der Waals surface area contributed by atoms with Gasteiger partial charge in [-0.2, -0.15) is 0 Å². The van der Waals surface area contributed by atoms with Crippen molar-refractivity contribution < 1.29 is 20.1 Å². The van der Waals surface area contributed by atoms with E-state index in [0.717, 1.165) is 0 Å². The van der Waals surface area contributed by atoms with Gasteiger partial charge in [0.1, 0.15) is 6.10 Å². The Bertz CT molecular complexity index is 167. The quantitative estimate of drug-likeness (QED) is 0.468. The Morgan fingerprint density at radius 2 is 1.93 bits per heavy atom. The lowest BCUT2D eigenvalue weighted by Gasteiger charge is -2.23. The van der Waals surface area contributed by atoms with E-state index in [-0.39, 0.29) is 12.5 Å². The molecule has 86 valence electrons. The summed E-state index contributed by atoms with van der Waals surface area (Å²) in [5.41, 5.74) is 5.33. The normalized spacial score (nSPS) is 41.8. The monoisotopic (exact) mass is 207 g/mol. The third-order valence-electron chi connectivity index (χ3n) is 2.36. The molecule has 0 aromatic heterocycles. The van der Waals surface area contributed by atoms with E-state index < -0.39 is 24.6 Å². The van der Waals surface area contributed by atoms with Gasteiger partial charge in [-0.3, -0.25) is 0 Å². The minimum Gasteiger partial charge on any atom is -0.391 e. The lowest BCUT2D eigenvalue weighted by Crippen LogP contribution is -2.44. The van der Waals surface area contributed by atoms with Crippen molar-refractivity contribution in [3.8, 4) is 0 Å². The van der Waals surface area contributed by atoms with Crippen molar-refractivity contribution in [2.75, 3.05) is 13.2 Å². The summed E-state index contributed by atoms with van der Waals surface area (Å²) in [4.78, 5) is 0. The first-order chi connectivity index (χ1) is 6.55. The molecule has 1 saturated heterocycles. The van der Waals surface area contributed by atoms with Gasteiger partial charge in [-0.25, -0.2) is 0 Å². The summed E-state index contributed by atoms with van der Waals surface area (Å²) >= 11 is 0. The summed E-state index contributed by atoms with van der Waals surface area (Å²) in [7, 11) is 0. The molecule has 1 rings (SSSR count). The van der Waals surface area contributed by atoms with Gasteiger partial charge in [-0.1, -0.05) is 20.8 Å². The zero-order chi connectivity index (χ0) is 11.4. The molecule has 0 aromatic rings. The number of rotatable bonds is 2. The van der Waals surface area contributed by atoms with E-state index in [2.05, 4.69) is 0 Å². The zero-order valence-corrected chi connectivity index (χ0v) is 8.97. The maximum atomic E-state index is 9.46. The highest BCUT2D eigenvalue weighted by molar-refractivity contribution is 4.93. The van der Waals surface area contributed by atoms with Gasteiger partial charge in [0.05, 0.1) is 12.7 Å². The molecule has 5 N–H and O–H groups in total. The standard InChI is InChI=1S/C7H15NO4.C2H6/c1-4-5(2-8)12-7(11,3-9)6(4)10;1-2/h4-6,9-11H,2-3,8H2,1H3;1-2H3. The Hall–Kier alpha value is -0.200. The molecule has 1 fully saturated rings. The summed E-state index contributed by atoms with van der Waals surface area (Å²) in [5, 5.41) is 27.6. The van der Waals surface area contributed by atoms with Crippen LogP contribution in [0.2, 0.25) is 0 Å². The summed E-state index contributed by atoms with van der Waals surface area (Å²) in [6.07, 6.45) is -1.46. The first-order valence-electron chi connectivity index (χ1n) is 4.94. The van der Waals surface area contributed by atoms with Gasteiger partial charge in [-0.15, -0.1) is 0 Å². The minimum atomic E-state index is -1.83. The third kappa shape index (κ3) is 2.43. The Morgan fingerprint density at radius 1 is 1.43 bits per heavy atom. The number of nitrogens with two attached hydrogens (primary N) is 1. The van der Waals surface area contributed by atoms with Crippen LogP contribution in [0.15, 0.2) is 0 Å². The number of hydrogen-bond acceptors (Lipinski definition) is 5. The van der Waals surface area contributed by atoms with E-state index >= 15 is 0 Å². The van der Waals surface area contributed by atoms with Gasteiger partial charge in [0.25, 0.3) is 0 Å². The molecule has 4 unspecified atom stereocenters. The second-order valence-corrected chi connectivity index (χ2v) is 3.20. The van der Waals surface area contributed by atoms with E-state index in [9.17, 15) is 10.2 Å². The molecule has 5 heteroatoms. The van der Waals surface area contributed by atoms with Crippen molar-refractivity contribution in [2.45, 2.75) is 38.8 Å². The average Bonchev–Trinajstić information content (AvgIpc) is 2.46. The van der Waals surface area contributed by atoms with Crippen LogP contribution in [0.3, 0.4) is 0 Å². The van der Waals surface area contributed by atoms with E-state index in [1.165, 1.54) is 0 Å². The molecular weight excluding hydrogens is 186 g/mol. The van der Waals surface area contributed by atoms with Crippen LogP contribution in [0, 0.1) is 5.92 Å². The van der Waals surface area contributed by atoms with Crippen LogP contribution in [0.25, 0.3) is 0 Å². The zero-order valence-electron chi connectivity index (χ0n) is 8.97. The van der Waals surface area contributed by atoms with Crippen LogP contribution in [0.4, 0.5) is 0 Å². The molecule has 0 bridgehead atoms. The predicted octanol–water partition coefficient (Wildman–Crippen LogP) is -0.952. The molecule has 0 amide bonds. The van der Waals surface area contributed by atoms with Crippen molar-refractivity contribution in [1.29, 1.82) is 0 Å². The second kappa shape index (κ2) is 5.63. The van der Waals surface area contributed by atoms with Crippen LogP contribution in [-0.2, 0) is 4.74 Å². The molecule has 1 aliphatic rings. The molecule has 1 aliphatic heterocycles. The van der Waals surface area contributed by atoms with E-state index in [1.807, 2.05) is 13.8 Å². The summed E-state index contributed by atoms with van der Waals surface area (Å²) in [5.74, 6) is -2.09. The fraction of sp³-hybridized carbons (Fsp3) is 1.00. The fourth-order valence-corrected chi connectivity index (χ4v) is 1.45. The highest BCUT2D eigenvalue weighted by atomic mass is 16.7. The first kappa shape index (κ1) is 13.8. The van der Waals surface area contributed by atoms with Gasteiger partial charge in [0.15, 0.2) is 0 Å². The molecule has 0 spiro atoms. The van der Waals surface area contributed by atoms with E-state index in [1.54, 1.807) is 6.92 Å². The topological polar surface area (TPSA) is 95.9 Å². The van der Waals surface area contributed by atoms with Crippen LogP contribution in [0.1, 0.15) is 20.8 Å². The van der Waals surface area contributed by atoms with Crippen molar-refractivity contribution in [3.63, 3.8) is 0 Å². The molecule has 4 atom stereocenters. The molecular formula is C9H21NO4. The molecule has 0 aliphatic carbocycles. The number of aliphatic hydroxyl groups excluding tert-OH is 2.